The van der Waals surface area contributed by atoms with Crippen molar-refractivity contribution in [1.29, 1.82) is 0 Å². The molecule has 1 aromatic carbocycles. The zero-order chi connectivity index (χ0) is 26.1. The van der Waals surface area contributed by atoms with Crippen LogP contribution in [0.1, 0.15) is 53.0 Å². The molecular weight excluding hydrogens is 784 g/mol. The second kappa shape index (κ2) is 21.1. The van der Waals surface area contributed by atoms with E-state index in [9.17, 15) is 8.42 Å². The molecule has 0 saturated heterocycles. The summed E-state index contributed by atoms with van der Waals surface area (Å²) in [6, 6.07) is 6.37. The van der Waals surface area contributed by atoms with Crippen molar-refractivity contribution in [2.45, 2.75) is 59.3 Å². The van der Waals surface area contributed by atoms with Crippen LogP contribution < -0.4 is 0 Å². The average molecular weight is 823 g/mol. The molecule has 0 aliphatic rings. The molecule has 0 amide bonds. The third-order valence-corrected chi connectivity index (χ3v) is 8.96. The maximum absolute atomic E-state index is 10.7. The maximum Gasteiger partial charge on any atom is 0.261 e. The lowest BCUT2D eigenvalue weighted by atomic mass is 10.1. The number of aryl methyl sites for hydroxylation is 1. The van der Waals surface area contributed by atoms with Gasteiger partial charge in [0.25, 0.3) is 9.05 Å². The standard InChI is InChI=1S/C7H7ClO2S.2C6H11I.C5H9IO/c1-6-2-4-7(5-3-6)11(8,9)10;2*1-4-5(2)6(3)7;1-4(3-7)5(2)6/h2-5H,1H3;2*5H,3-4H2,1-2H3;4,7H,2-3H2,1H3/t;2*5-;4-/m.111/s1. The van der Waals surface area contributed by atoms with Gasteiger partial charge in [0.05, 0.1) is 11.5 Å². The molecule has 0 saturated carbocycles. The first-order valence-electron chi connectivity index (χ1n) is 10.2. The summed E-state index contributed by atoms with van der Waals surface area (Å²) < 4.78 is 25.0. The number of aliphatic hydroxyl groups is 1. The predicted octanol–water partition coefficient (Wildman–Crippen LogP) is 9.45. The van der Waals surface area contributed by atoms with E-state index in [0.717, 1.165) is 9.14 Å². The van der Waals surface area contributed by atoms with Crippen molar-refractivity contribution in [3.05, 3.63) is 60.3 Å². The van der Waals surface area contributed by atoms with Crippen molar-refractivity contribution in [3.8, 4) is 0 Å². The minimum absolute atomic E-state index is 0.143. The lowest BCUT2D eigenvalue weighted by Gasteiger charge is -2.02. The van der Waals surface area contributed by atoms with Gasteiger partial charge < -0.3 is 5.11 Å². The van der Waals surface area contributed by atoms with Crippen LogP contribution in [0.25, 0.3) is 0 Å². The summed E-state index contributed by atoms with van der Waals surface area (Å²) in [6.45, 7) is 24.0. The Hall–Kier alpha value is 0.830. The lowest BCUT2D eigenvalue weighted by molar-refractivity contribution is 0.261. The number of benzene rings is 1. The van der Waals surface area contributed by atoms with E-state index in [-0.39, 0.29) is 17.4 Å². The van der Waals surface area contributed by atoms with Gasteiger partial charge in [-0.3, -0.25) is 0 Å². The predicted molar refractivity (Wildman–Crippen MR) is 169 cm³/mol. The van der Waals surface area contributed by atoms with Gasteiger partial charge in [0.2, 0.25) is 0 Å². The van der Waals surface area contributed by atoms with Crippen LogP contribution >= 0.6 is 78.5 Å². The van der Waals surface area contributed by atoms with Crippen molar-refractivity contribution >= 4 is 87.5 Å². The molecule has 0 aliphatic carbocycles. The Morgan fingerprint density at radius 3 is 1.31 bits per heavy atom. The number of aliphatic hydroxyl groups excluding tert-OH is 1. The summed E-state index contributed by atoms with van der Waals surface area (Å²) in [5.41, 5.74) is 1.01. The van der Waals surface area contributed by atoms with E-state index in [1.54, 1.807) is 12.1 Å². The van der Waals surface area contributed by atoms with Crippen molar-refractivity contribution in [1.82, 2.24) is 0 Å². The van der Waals surface area contributed by atoms with Gasteiger partial charge in [-0.2, -0.15) is 0 Å². The Kier molecular flexibility index (Phi) is 24.7. The Morgan fingerprint density at radius 2 is 1.19 bits per heavy atom. The Morgan fingerprint density at radius 1 is 0.875 bits per heavy atom. The average Bonchev–Trinajstić information content (AvgIpc) is 2.72. The van der Waals surface area contributed by atoms with Crippen LogP contribution in [0.3, 0.4) is 0 Å². The number of hydrogen-bond donors (Lipinski definition) is 1. The molecular formula is C24H38ClI3O3S. The molecule has 0 radical (unpaired) electrons. The van der Waals surface area contributed by atoms with Crippen LogP contribution in [-0.2, 0) is 9.05 Å². The minimum atomic E-state index is -3.55. The van der Waals surface area contributed by atoms with E-state index in [1.165, 1.54) is 32.1 Å². The van der Waals surface area contributed by atoms with E-state index in [2.05, 4.69) is 115 Å². The molecule has 0 unspecified atom stereocenters. The van der Waals surface area contributed by atoms with Gasteiger partial charge >= 0.3 is 0 Å². The highest BCUT2D eigenvalue weighted by Crippen LogP contribution is 2.18. The molecule has 1 rings (SSSR count). The largest absolute Gasteiger partial charge is 0.396 e. The summed E-state index contributed by atoms with van der Waals surface area (Å²) >= 11 is 6.66. The van der Waals surface area contributed by atoms with E-state index in [0.29, 0.717) is 11.8 Å². The monoisotopic (exact) mass is 822 g/mol. The maximum atomic E-state index is 10.7. The Balaban J connectivity index is -0.000000361. The van der Waals surface area contributed by atoms with Crippen molar-refractivity contribution < 1.29 is 13.5 Å². The lowest BCUT2D eigenvalue weighted by Crippen LogP contribution is -1.97. The Bertz CT molecular complexity index is 731. The molecule has 3 atom stereocenters. The SMILES string of the molecule is C=C(I)[C@H](C)CC.C=C(I)[C@H](C)CC.C=C(I)[C@H](C)CO.Cc1ccc(S(=O)(=O)Cl)cc1. The van der Waals surface area contributed by atoms with Crippen LogP contribution in [0.4, 0.5) is 0 Å². The van der Waals surface area contributed by atoms with Crippen molar-refractivity contribution in [2.24, 2.45) is 17.8 Å². The first-order chi connectivity index (χ1) is 14.5. The van der Waals surface area contributed by atoms with Crippen molar-refractivity contribution in [2.75, 3.05) is 6.61 Å². The number of halogens is 4. The third-order valence-electron chi connectivity index (χ3n) is 4.41. The fourth-order valence-corrected chi connectivity index (χ4v) is 3.09. The van der Waals surface area contributed by atoms with Gasteiger partial charge in [-0.1, -0.05) is 72.1 Å². The highest BCUT2D eigenvalue weighted by molar-refractivity contribution is 14.1. The molecule has 0 bridgehead atoms. The zero-order valence-corrected chi connectivity index (χ0v) is 28.0. The number of allylic oxidation sites excluding steroid dienone is 2. The fraction of sp³-hybridized carbons (Fsp3) is 0.500. The molecule has 3 nitrogen and oxygen atoms in total. The van der Waals surface area contributed by atoms with Crippen LogP contribution in [0, 0.1) is 24.7 Å². The first kappa shape index (κ1) is 37.4. The summed E-state index contributed by atoms with van der Waals surface area (Å²) in [4.78, 5) is 0.143. The molecule has 8 heteroatoms. The fourth-order valence-electron chi connectivity index (χ4n) is 1.24. The van der Waals surface area contributed by atoms with Gasteiger partial charge in [-0.15, -0.1) is 0 Å². The third kappa shape index (κ3) is 22.6. The van der Waals surface area contributed by atoms with E-state index >= 15 is 0 Å². The second-order valence-corrected chi connectivity index (χ2v) is 14.0. The first-order valence-corrected chi connectivity index (χ1v) is 15.7. The summed E-state index contributed by atoms with van der Waals surface area (Å²) in [5.74, 6) is 1.64. The highest BCUT2D eigenvalue weighted by atomic mass is 127. The number of rotatable bonds is 7. The molecule has 1 N–H and O–H groups in total. The van der Waals surface area contributed by atoms with Crippen LogP contribution in [-0.4, -0.2) is 20.1 Å². The molecule has 0 aromatic heterocycles. The normalized spacial score (nSPS) is 12.8. The smallest absolute Gasteiger partial charge is 0.261 e. The van der Waals surface area contributed by atoms with Gasteiger partial charge in [0.1, 0.15) is 0 Å². The van der Waals surface area contributed by atoms with Crippen LogP contribution in [0.15, 0.2) is 59.6 Å². The highest BCUT2D eigenvalue weighted by Gasteiger charge is 2.07. The molecule has 32 heavy (non-hydrogen) atoms. The minimum Gasteiger partial charge on any atom is -0.396 e. The second-order valence-electron chi connectivity index (χ2n) is 7.29. The van der Waals surface area contributed by atoms with Gasteiger partial charge in [0.15, 0.2) is 0 Å². The zero-order valence-electron chi connectivity index (χ0n) is 20.0. The molecule has 0 spiro atoms. The van der Waals surface area contributed by atoms with Gasteiger partial charge in [-0.25, -0.2) is 8.42 Å². The van der Waals surface area contributed by atoms with Crippen molar-refractivity contribution in [3.63, 3.8) is 0 Å². The molecule has 0 heterocycles. The van der Waals surface area contributed by atoms with Gasteiger partial charge in [0, 0.05) is 16.6 Å². The summed E-state index contributed by atoms with van der Waals surface area (Å²) in [6.07, 6.45) is 2.42. The van der Waals surface area contributed by atoms with Crippen LogP contribution in [0.2, 0.25) is 0 Å². The molecule has 0 fully saturated rings. The van der Waals surface area contributed by atoms with Gasteiger partial charge in [-0.05, 0) is 122 Å². The van der Waals surface area contributed by atoms with E-state index in [4.69, 9.17) is 15.8 Å². The topological polar surface area (TPSA) is 54.4 Å². The quantitative estimate of drug-likeness (QED) is 0.221. The molecule has 1 aromatic rings. The molecule has 186 valence electrons. The summed E-state index contributed by atoms with van der Waals surface area (Å²) in [7, 11) is 1.54. The Labute approximate surface area is 242 Å². The van der Waals surface area contributed by atoms with E-state index < -0.39 is 9.05 Å². The molecule has 0 aliphatic heterocycles. The summed E-state index contributed by atoms with van der Waals surface area (Å²) in [5, 5.41) is 8.44. The number of hydrogen-bond acceptors (Lipinski definition) is 3. The van der Waals surface area contributed by atoms with E-state index in [1.807, 2.05) is 13.8 Å². The van der Waals surface area contributed by atoms with Crippen LogP contribution in [0.5, 0.6) is 0 Å².